The molecule has 20 heavy (non-hydrogen) atoms. The molecule has 3 atom stereocenters. The van der Waals surface area contributed by atoms with Gasteiger partial charge in [-0.2, -0.15) is 0 Å². The van der Waals surface area contributed by atoms with E-state index >= 15 is 0 Å². The van der Waals surface area contributed by atoms with Crippen molar-refractivity contribution in [2.75, 3.05) is 6.61 Å². The fourth-order valence-electron chi connectivity index (χ4n) is 1.46. The van der Waals surface area contributed by atoms with Crippen molar-refractivity contribution in [2.45, 2.75) is 45.3 Å². The summed E-state index contributed by atoms with van der Waals surface area (Å²) in [5.41, 5.74) is 5.65. The molecule has 6 N–H and O–H groups in total. The highest BCUT2D eigenvalue weighted by Gasteiger charge is 2.25. The Morgan fingerprint density at radius 1 is 1.10 bits per heavy atom. The Kier molecular flexibility index (Phi) is 7.78. The lowest BCUT2D eigenvalue weighted by molar-refractivity contribution is -0.142. The molecular formula is C12H23N3O5. The second kappa shape index (κ2) is 8.49. The summed E-state index contributed by atoms with van der Waals surface area (Å²) >= 11 is 0. The zero-order chi connectivity index (χ0) is 15.9. The van der Waals surface area contributed by atoms with Gasteiger partial charge in [-0.1, -0.05) is 13.8 Å². The number of aliphatic hydroxyl groups excluding tert-OH is 1. The maximum Gasteiger partial charge on any atom is 0.325 e. The summed E-state index contributed by atoms with van der Waals surface area (Å²) in [5, 5.41) is 22.2. The van der Waals surface area contributed by atoms with Gasteiger partial charge in [-0.25, -0.2) is 0 Å². The maximum atomic E-state index is 11.7. The first-order chi connectivity index (χ1) is 9.18. The van der Waals surface area contributed by atoms with Gasteiger partial charge in [0.05, 0.1) is 12.6 Å². The van der Waals surface area contributed by atoms with Gasteiger partial charge in [0.2, 0.25) is 11.8 Å². The second-order valence-electron chi connectivity index (χ2n) is 5.05. The summed E-state index contributed by atoms with van der Waals surface area (Å²) < 4.78 is 0. The van der Waals surface area contributed by atoms with Crippen LogP contribution in [0.4, 0.5) is 0 Å². The highest BCUT2D eigenvalue weighted by Crippen LogP contribution is 2.02. The third kappa shape index (κ3) is 6.48. The molecule has 8 nitrogen and oxygen atoms in total. The molecule has 0 aliphatic rings. The van der Waals surface area contributed by atoms with Gasteiger partial charge in [0.25, 0.3) is 0 Å². The highest BCUT2D eigenvalue weighted by molar-refractivity contribution is 5.91. The fourth-order valence-corrected chi connectivity index (χ4v) is 1.46. The lowest BCUT2D eigenvalue weighted by atomic mass is 10.0. The quantitative estimate of drug-likeness (QED) is 0.365. The molecule has 0 aromatic rings. The number of carbonyl (C=O) groups is 3. The van der Waals surface area contributed by atoms with E-state index in [9.17, 15) is 14.4 Å². The largest absolute Gasteiger partial charge is 0.480 e. The van der Waals surface area contributed by atoms with Gasteiger partial charge in [-0.05, 0) is 19.3 Å². The molecule has 0 heterocycles. The first kappa shape index (κ1) is 18.3. The lowest BCUT2D eigenvalue weighted by Gasteiger charge is -2.20. The number of carboxylic acid groups (broad SMARTS) is 1. The number of aliphatic hydroxyl groups is 1. The molecule has 0 saturated heterocycles. The first-order valence-electron chi connectivity index (χ1n) is 6.39. The Bertz CT molecular complexity index is 359. The van der Waals surface area contributed by atoms with Crippen LogP contribution in [0.2, 0.25) is 0 Å². The minimum atomic E-state index is -1.22. The molecule has 0 radical (unpaired) electrons. The monoisotopic (exact) mass is 289 g/mol. The van der Waals surface area contributed by atoms with Crippen molar-refractivity contribution < 1.29 is 24.6 Å². The summed E-state index contributed by atoms with van der Waals surface area (Å²) in [7, 11) is 0. The molecule has 0 aliphatic heterocycles. The van der Waals surface area contributed by atoms with Gasteiger partial charge in [0.15, 0.2) is 0 Å². The van der Waals surface area contributed by atoms with Crippen molar-refractivity contribution in [3.05, 3.63) is 0 Å². The van der Waals surface area contributed by atoms with Gasteiger partial charge < -0.3 is 26.6 Å². The predicted molar refractivity (Wildman–Crippen MR) is 71.7 cm³/mol. The van der Waals surface area contributed by atoms with Crippen LogP contribution in [0, 0.1) is 5.92 Å². The van der Waals surface area contributed by atoms with Crippen molar-refractivity contribution in [3.63, 3.8) is 0 Å². The molecule has 0 aliphatic carbocycles. The average molecular weight is 289 g/mol. The summed E-state index contributed by atoms with van der Waals surface area (Å²) in [6.07, 6.45) is 0.442. The van der Waals surface area contributed by atoms with Crippen LogP contribution in [-0.4, -0.2) is 52.7 Å². The van der Waals surface area contributed by atoms with E-state index in [1.807, 2.05) is 13.8 Å². The first-order valence-corrected chi connectivity index (χ1v) is 6.39. The summed E-state index contributed by atoms with van der Waals surface area (Å²) in [6.45, 7) is 4.44. The zero-order valence-electron chi connectivity index (χ0n) is 11.9. The van der Waals surface area contributed by atoms with Crippen LogP contribution in [0.5, 0.6) is 0 Å². The van der Waals surface area contributed by atoms with Crippen LogP contribution in [-0.2, 0) is 14.4 Å². The van der Waals surface area contributed by atoms with Crippen LogP contribution in [0.25, 0.3) is 0 Å². The van der Waals surface area contributed by atoms with Crippen molar-refractivity contribution in [3.8, 4) is 0 Å². The van der Waals surface area contributed by atoms with E-state index in [1.54, 1.807) is 0 Å². The number of nitrogens with two attached hydrogens (primary N) is 1. The predicted octanol–water partition coefficient (Wildman–Crippen LogP) is -1.57. The number of hydrogen-bond acceptors (Lipinski definition) is 5. The SMILES string of the molecule is CC(C)CC(N)C(=O)NC(CO)C(=O)NC(C)C(=O)O. The highest BCUT2D eigenvalue weighted by atomic mass is 16.4. The molecule has 3 unspecified atom stereocenters. The van der Waals surface area contributed by atoms with Crippen molar-refractivity contribution >= 4 is 17.8 Å². The van der Waals surface area contributed by atoms with E-state index in [1.165, 1.54) is 6.92 Å². The molecule has 0 saturated carbocycles. The molecule has 0 spiro atoms. The Labute approximate surface area is 117 Å². The van der Waals surface area contributed by atoms with E-state index in [0.717, 1.165) is 0 Å². The molecule has 116 valence electrons. The van der Waals surface area contributed by atoms with E-state index < -0.39 is 42.5 Å². The zero-order valence-corrected chi connectivity index (χ0v) is 11.9. The van der Waals surface area contributed by atoms with Gasteiger partial charge in [-0.15, -0.1) is 0 Å². The Balaban J connectivity index is 4.50. The van der Waals surface area contributed by atoms with E-state index in [0.29, 0.717) is 6.42 Å². The molecule has 0 bridgehead atoms. The Hall–Kier alpha value is -1.67. The van der Waals surface area contributed by atoms with E-state index in [-0.39, 0.29) is 5.92 Å². The number of hydrogen-bond donors (Lipinski definition) is 5. The van der Waals surface area contributed by atoms with Crippen LogP contribution in [0.3, 0.4) is 0 Å². The fraction of sp³-hybridized carbons (Fsp3) is 0.750. The Morgan fingerprint density at radius 2 is 1.65 bits per heavy atom. The van der Waals surface area contributed by atoms with Crippen LogP contribution >= 0.6 is 0 Å². The molecule has 0 fully saturated rings. The Morgan fingerprint density at radius 3 is 2.05 bits per heavy atom. The standard InChI is InChI=1S/C12H23N3O5/c1-6(2)4-8(13)10(17)15-9(5-16)11(18)14-7(3)12(19)20/h6-9,16H,4-5,13H2,1-3H3,(H,14,18)(H,15,17)(H,19,20). The van der Waals surface area contributed by atoms with Crippen LogP contribution in [0.1, 0.15) is 27.2 Å². The number of aliphatic carboxylic acids is 1. The van der Waals surface area contributed by atoms with Gasteiger partial charge in [-0.3, -0.25) is 14.4 Å². The van der Waals surface area contributed by atoms with Crippen molar-refractivity contribution in [1.29, 1.82) is 0 Å². The minimum absolute atomic E-state index is 0.212. The van der Waals surface area contributed by atoms with Gasteiger partial charge >= 0.3 is 5.97 Å². The normalized spacial score (nSPS) is 15.3. The molecule has 0 aromatic heterocycles. The molecule has 0 aromatic carbocycles. The van der Waals surface area contributed by atoms with E-state index in [4.69, 9.17) is 15.9 Å². The molecule has 2 amide bonds. The summed E-state index contributed by atoms with van der Waals surface area (Å²) in [4.78, 5) is 34.0. The van der Waals surface area contributed by atoms with Crippen molar-refractivity contribution in [1.82, 2.24) is 10.6 Å². The van der Waals surface area contributed by atoms with E-state index in [2.05, 4.69) is 10.6 Å². The van der Waals surface area contributed by atoms with Crippen LogP contribution in [0.15, 0.2) is 0 Å². The number of carbonyl (C=O) groups excluding carboxylic acids is 2. The lowest BCUT2D eigenvalue weighted by Crippen LogP contribution is -2.55. The minimum Gasteiger partial charge on any atom is -0.480 e. The smallest absolute Gasteiger partial charge is 0.325 e. The number of carboxylic acids is 1. The third-order valence-corrected chi connectivity index (χ3v) is 2.61. The third-order valence-electron chi connectivity index (χ3n) is 2.61. The van der Waals surface area contributed by atoms with Crippen molar-refractivity contribution in [2.24, 2.45) is 11.7 Å². The molecular weight excluding hydrogens is 266 g/mol. The molecule has 0 rings (SSSR count). The number of rotatable bonds is 8. The average Bonchev–Trinajstić information content (AvgIpc) is 2.34. The number of nitrogens with one attached hydrogen (secondary N) is 2. The molecule has 8 heteroatoms. The van der Waals surface area contributed by atoms with Gasteiger partial charge in [0.1, 0.15) is 12.1 Å². The summed E-state index contributed by atoms with van der Waals surface area (Å²) in [5.74, 6) is -2.33. The van der Waals surface area contributed by atoms with Crippen LogP contribution < -0.4 is 16.4 Å². The maximum absolute atomic E-state index is 11.7. The number of amides is 2. The van der Waals surface area contributed by atoms with Gasteiger partial charge in [0, 0.05) is 0 Å². The topological polar surface area (TPSA) is 142 Å². The summed E-state index contributed by atoms with van der Waals surface area (Å²) in [6, 6.07) is -3.12. The second-order valence-corrected chi connectivity index (χ2v) is 5.05.